The number of benzene rings is 4. The van der Waals surface area contributed by atoms with Crippen LogP contribution in [-0.4, -0.2) is 49.2 Å². The Kier molecular flexibility index (Phi) is 12.5. The Morgan fingerprint density at radius 3 is 2.35 bits per heavy atom. The molecule has 1 fully saturated rings. The molecular formula is C38H42N2O7S. The van der Waals surface area contributed by atoms with Crippen molar-refractivity contribution in [3.05, 3.63) is 119 Å². The molecule has 1 aliphatic rings. The summed E-state index contributed by atoms with van der Waals surface area (Å²) in [5.74, 6) is 1.10. The van der Waals surface area contributed by atoms with Crippen molar-refractivity contribution < 1.29 is 33.6 Å². The fraction of sp³-hybridized carbons (Fsp3) is 0.316. The Morgan fingerprint density at radius 2 is 1.60 bits per heavy atom. The summed E-state index contributed by atoms with van der Waals surface area (Å²) < 4.78 is 23.8. The summed E-state index contributed by atoms with van der Waals surface area (Å²) in [7, 11) is 1.68. The van der Waals surface area contributed by atoms with E-state index in [0.717, 1.165) is 44.0 Å². The van der Waals surface area contributed by atoms with Crippen LogP contribution in [0.4, 0.5) is 4.79 Å². The number of aliphatic hydroxyl groups is 1. The average molecular weight is 671 g/mol. The molecule has 0 unspecified atom stereocenters. The minimum Gasteiger partial charge on any atom is -0.496 e. The first-order valence-corrected chi connectivity index (χ1v) is 17.0. The van der Waals surface area contributed by atoms with Crippen LogP contribution in [0.2, 0.25) is 0 Å². The summed E-state index contributed by atoms with van der Waals surface area (Å²) in [5, 5.41) is 14.9. The third-order valence-electron chi connectivity index (χ3n) is 8.17. The largest absolute Gasteiger partial charge is 0.496 e. The molecule has 2 amide bonds. The first kappa shape index (κ1) is 35.0. The second kappa shape index (κ2) is 17.2. The topological polar surface area (TPSA) is 115 Å². The zero-order chi connectivity index (χ0) is 33.9. The number of rotatable bonds is 13. The van der Waals surface area contributed by atoms with E-state index in [1.54, 1.807) is 25.8 Å². The summed E-state index contributed by atoms with van der Waals surface area (Å²) >= 11 is 1.70. The summed E-state index contributed by atoms with van der Waals surface area (Å²) in [6.07, 6.45) is -0.970. The van der Waals surface area contributed by atoms with Crippen molar-refractivity contribution in [2.24, 2.45) is 5.92 Å². The van der Waals surface area contributed by atoms with Crippen molar-refractivity contribution >= 4 is 23.8 Å². The van der Waals surface area contributed by atoms with Gasteiger partial charge < -0.3 is 34.7 Å². The molecule has 0 radical (unpaired) electrons. The van der Waals surface area contributed by atoms with Gasteiger partial charge in [-0.1, -0.05) is 79.7 Å². The van der Waals surface area contributed by atoms with Crippen molar-refractivity contribution in [2.75, 3.05) is 26.0 Å². The Labute approximate surface area is 286 Å². The van der Waals surface area contributed by atoms with Crippen molar-refractivity contribution in [3.8, 4) is 16.9 Å². The highest BCUT2D eigenvalue weighted by atomic mass is 32.2. The lowest BCUT2D eigenvalue weighted by Gasteiger charge is -2.41. The van der Waals surface area contributed by atoms with Gasteiger partial charge in [-0.2, -0.15) is 0 Å². The second-order valence-corrected chi connectivity index (χ2v) is 12.5. The van der Waals surface area contributed by atoms with Gasteiger partial charge in [-0.05, 0) is 59.0 Å². The smallest absolute Gasteiger partial charge is 0.325 e. The van der Waals surface area contributed by atoms with E-state index >= 15 is 0 Å². The van der Waals surface area contributed by atoms with Crippen LogP contribution in [0.5, 0.6) is 5.75 Å². The maximum Gasteiger partial charge on any atom is 0.325 e. The van der Waals surface area contributed by atoms with Gasteiger partial charge in [0.2, 0.25) is 0 Å². The number of ether oxygens (including phenoxy) is 4. The van der Waals surface area contributed by atoms with Crippen LogP contribution < -0.4 is 15.4 Å². The molecule has 48 heavy (non-hydrogen) atoms. The van der Waals surface area contributed by atoms with E-state index in [9.17, 15) is 14.7 Å². The molecular weight excluding hydrogens is 628 g/mol. The Morgan fingerprint density at radius 1 is 0.854 bits per heavy atom. The third kappa shape index (κ3) is 9.17. The van der Waals surface area contributed by atoms with Gasteiger partial charge in [0.05, 0.1) is 32.5 Å². The second-order valence-electron chi connectivity index (χ2n) is 11.5. The predicted molar refractivity (Wildman–Crippen MR) is 185 cm³/mol. The number of esters is 1. The molecule has 9 nitrogen and oxygen atoms in total. The molecule has 0 spiro atoms. The van der Waals surface area contributed by atoms with Crippen LogP contribution in [0.25, 0.3) is 11.1 Å². The van der Waals surface area contributed by atoms with Gasteiger partial charge in [-0.25, -0.2) is 4.79 Å². The van der Waals surface area contributed by atoms with E-state index in [0.29, 0.717) is 5.75 Å². The highest BCUT2D eigenvalue weighted by Crippen LogP contribution is 2.44. The van der Waals surface area contributed by atoms with E-state index in [1.165, 1.54) is 0 Å². The van der Waals surface area contributed by atoms with Gasteiger partial charge in [0, 0.05) is 28.7 Å². The average Bonchev–Trinajstić information content (AvgIpc) is 3.13. The zero-order valence-corrected chi connectivity index (χ0v) is 28.2. The minimum absolute atomic E-state index is 0.0159. The van der Waals surface area contributed by atoms with Gasteiger partial charge in [0.25, 0.3) is 0 Å². The van der Waals surface area contributed by atoms with Gasteiger partial charge in [-0.3, -0.25) is 4.79 Å². The Bertz CT molecular complexity index is 1670. The molecule has 10 heteroatoms. The monoisotopic (exact) mass is 670 g/mol. The first-order chi connectivity index (χ1) is 23.4. The van der Waals surface area contributed by atoms with Crippen LogP contribution >= 0.6 is 11.8 Å². The van der Waals surface area contributed by atoms with Gasteiger partial charge in [-0.15, -0.1) is 11.8 Å². The van der Waals surface area contributed by atoms with E-state index in [2.05, 4.69) is 29.7 Å². The number of carbonyl (C=O) groups is 2. The number of carbonyl (C=O) groups excluding carboxylic acids is 2. The quantitative estimate of drug-likeness (QED) is 0.105. The molecule has 0 aliphatic carbocycles. The molecule has 1 aliphatic heterocycles. The molecule has 0 bridgehead atoms. The molecule has 3 N–H and O–H groups in total. The summed E-state index contributed by atoms with van der Waals surface area (Å²) in [6.45, 7) is 4.22. The predicted octanol–water partition coefficient (Wildman–Crippen LogP) is 6.80. The Hall–Kier alpha value is -4.35. The number of aliphatic hydroxyl groups excluding tert-OH is 1. The normalized spacial score (nSPS) is 18.9. The van der Waals surface area contributed by atoms with E-state index in [-0.39, 0.29) is 44.4 Å². The highest BCUT2D eigenvalue weighted by molar-refractivity contribution is 7.99. The number of thioether (sulfide) groups is 1. The minimum atomic E-state index is -0.611. The van der Waals surface area contributed by atoms with Crippen molar-refractivity contribution in [2.45, 2.75) is 50.4 Å². The molecule has 1 saturated heterocycles. The lowest BCUT2D eigenvalue weighted by atomic mass is 9.91. The SMILES string of the molecule is CCOC(=O)CNC(=O)NCc1cccc(-c2cccc([C@@H]3O[C@H](CSc4ccccc4OC)[C@H](C)[C@H](c4ccc(CO)cc4)O3)c2)c1. The number of nitrogens with one attached hydrogen (secondary N) is 2. The van der Waals surface area contributed by atoms with Crippen LogP contribution in [0.15, 0.2) is 102 Å². The fourth-order valence-corrected chi connectivity index (χ4v) is 6.75. The van der Waals surface area contributed by atoms with E-state index in [4.69, 9.17) is 18.9 Å². The summed E-state index contributed by atoms with van der Waals surface area (Å²) in [4.78, 5) is 24.8. The fourth-order valence-electron chi connectivity index (χ4n) is 5.55. The maximum absolute atomic E-state index is 12.2. The molecule has 4 aromatic rings. The summed E-state index contributed by atoms with van der Waals surface area (Å²) in [6, 6.07) is 31.5. The highest BCUT2D eigenvalue weighted by Gasteiger charge is 2.38. The van der Waals surface area contributed by atoms with E-state index in [1.807, 2.05) is 84.9 Å². The van der Waals surface area contributed by atoms with Crippen molar-refractivity contribution in [1.29, 1.82) is 0 Å². The molecule has 252 valence electrons. The van der Waals surface area contributed by atoms with Crippen LogP contribution in [0.3, 0.4) is 0 Å². The molecule has 4 atom stereocenters. The molecule has 5 rings (SSSR count). The number of para-hydroxylation sites is 1. The third-order valence-corrected chi connectivity index (χ3v) is 9.31. The van der Waals surface area contributed by atoms with Gasteiger partial charge >= 0.3 is 12.0 Å². The van der Waals surface area contributed by atoms with Gasteiger partial charge in [0.15, 0.2) is 6.29 Å². The molecule has 4 aromatic carbocycles. The summed E-state index contributed by atoms with van der Waals surface area (Å²) in [5.41, 5.74) is 5.64. The standard InChI is InChI=1S/C38H42N2O7S/c1-4-45-35(42)22-40-38(43)39-21-27-9-7-10-29(19-27)30-11-8-12-31(20-30)37-46-33(24-48-34-14-6-5-13-32(34)44-3)25(2)36(47-37)28-17-15-26(23-41)16-18-28/h5-20,25,33,36-37,41H,4,21-24H2,1-3H3,(H2,39,40,43)/t25-,33+,36+,37+/m0/s1. The lowest BCUT2D eigenvalue weighted by molar-refractivity contribution is -0.268. The number of hydrogen-bond donors (Lipinski definition) is 3. The molecule has 1 heterocycles. The van der Waals surface area contributed by atoms with E-state index < -0.39 is 18.3 Å². The van der Waals surface area contributed by atoms with Crippen molar-refractivity contribution in [3.63, 3.8) is 0 Å². The van der Waals surface area contributed by atoms with Gasteiger partial charge in [0.1, 0.15) is 12.3 Å². The first-order valence-electron chi connectivity index (χ1n) is 16.0. The molecule has 0 saturated carbocycles. The van der Waals surface area contributed by atoms with Crippen LogP contribution in [0, 0.1) is 5.92 Å². The number of methoxy groups -OCH3 is 1. The lowest BCUT2D eigenvalue weighted by Crippen LogP contribution is -2.38. The molecule has 0 aromatic heterocycles. The number of amides is 2. The number of urea groups is 1. The van der Waals surface area contributed by atoms with Crippen LogP contribution in [-0.2, 0) is 32.2 Å². The number of hydrogen-bond acceptors (Lipinski definition) is 8. The maximum atomic E-state index is 12.2. The zero-order valence-electron chi connectivity index (χ0n) is 27.4. The van der Waals surface area contributed by atoms with Crippen LogP contribution in [0.1, 0.15) is 48.5 Å². The van der Waals surface area contributed by atoms with Crippen molar-refractivity contribution in [1.82, 2.24) is 10.6 Å². The Balaban J connectivity index is 1.33.